The van der Waals surface area contributed by atoms with Gasteiger partial charge in [-0.25, -0.2) is 0 Å². The lowest BCUT2D eigenvalue weighted by Crippen LogP contribution is -2.38. The summed E-state index contributed by atoms with van der Waals surface area (Å²) in [5.41, 5.74) is 0. The van der Waals surface area contributed by atoms with Gasteiger partial charge in [-0.15, -0.1) is 0 Å². The molecule has 1 aliphatic heterocycles. The van der Waals surface area contributed by atoms with Crippen LogP contribution < -0.4 is 5.32 Å². The first kappa shape index (κ1) is 15.0. The highest BCUT2D eigenvalue weighted by molar-refractivity contribution is 4.73. The molecule has 2 nitrogen and oxygen atoms in total. The molecule has 1 aliphatic rings. The molecular formula is C15H32N2. The molecule has 1 heterocycles. The van der Waals surface area contributed by atoms with Crippen molar-refractivity contribution in [1.29, 1.82) is 0 Å². The molecule has 17 heavy (non-hydrogen) atoms. The summed E-state index contributed by atoms with van der Waals surface area (Å²) in [6, 6.07) is 0.766. The van der Waals surface area contributed by atoms with Crippen molar-refractivity contribution >= 4 is 0 Å². The molecule has 1 atom stereocenters. The summed E-state index contributed by atoms with van der Waals surface area (Å²) in [7, 11) is 2.31. The van der Waals surface area contributed by atoms with Crippen LogP contribution in [0.25, 0.3) is 0 Å². The summed E-state index contributed by atoms with van der Waals surface area (Å²) in [5, 5.41) is 3.45. The maximum atomic E-state index is 3.45. The molecule has 102 valence electrons. The van der Waals surface area contributed by atoms with E-state index in [2.05, 4.69) is 31.1 Å². The highest BCUT2D eigenvalue weighted by Crippen LogP contribution is 2.16. The summed E-state index contributed by atoms with van der Waals surface area (Å²) < 4.78 is 0. The predicted octanol–water partition coefficient (Wildman–Crippen LogP) is 3.28. The Morgan fingerprint density at radius 2 is 1.88 bits per heavy atom. The zero-order valence-electron chi connectivity index (χ0n) is 12.2. The molecule has 0 aliphatic carbocycles. The van der Waals surface area contributed by atoms with Gasteiger partial charge in [0, 0.05) is 12.6 Å². The van der Waals surface area contributed by atoms with Crippen LogP contribution in [0, 0.1) is 5.92 Å². The van der Waals surface area contributed by atoms with Gasteiger partial charge < -0.3 is 10.2 Å². The molecule has 0 aromatic heterocycles. The number of nitrogens with zero attached hydrogens (tertiary/aromatic N) is 1. The van der Waals surface area contributed by atoms with Crippen molar-refractivity contribution in [2.24, 2.45) is 5.92 Å². The zero-order chi connectivity index (χ0) is 12.5. The topological polar surface area (TPSA) is 15.3 Å². The third-order valence-corrected chi connectivity index (χ3v) is 4.23. The zero-order valence-corrected chi connectivity index (χ0v) is 12.2. The third kappa shape index (κ3) is 6.42. The molecule has 0 aromatic carbocycles. The number of hydrogen-bond donors (Lipinski definition) is 1. The Balaban J connectivity index is 2.10. The molecule has 0 bridgehead atoms. The molecular weight excluding hydrogens is 208 g/mol. The second-order valence-corrected chi connectivity index (χ2v) is 5.83. The Morgan fingerprint density at radius 1 is 1.18 bits per heavy atom. The maximum absolute atomic E-state index is 3.45. The fourth-order valence-electron chi connectivity index (χ4n) is 2.74. The average molecular weight is 240 g/mol. The Hall–Kier alpha value is -0.0800. The van der Waals surface area contributed by atoms with E-state index in [4.69, 9.17) is 0 Å². The Morgan fingerprint density at radius 3 is 2.53 bits per heavy atom. The van der Waals surface area contributed by atoms with E-state index in [0.29, 0.717) is 0 Å². The molecule has 0 spiro atoms. The Bertz CT molecular complexity index is 176. The minimum atomic E-state index is 0.766. The van der Waals surface area contributed by atoms with Gasteiger partial charge in [-0.1, -0.05) is 32.6 Å². The fourth-order valence-corrected chi connectivity index (χ4v) is 2.74. The van der Waals surface area contributed by atoms with Crippen molar-refractivity contribution in [2.75, 3.05) is 26.7 Å². The quantitative estimate of drug-likeness (QED) is 0.655. The second kappa shape index (κ2) is 8.93. The van der Waals surface area contributed by atoms with Crippen LogP contribution in [0.1, 0.15) is 58.8 Å². The van der Waals surface area contributed by atoms with Crippen molar-refractivity contribution < 1.29 is 0 Å². The molecule has 2 heteroatoms. The van der Waals surface area contributed by atoms with Crippen LogP contribution in [-0.2, 0) is 0 Å². The minimum Gasteiger partial charge on any atom is -0.317 e. The maximum Gasteiger partial charge on any atom is 0.00639 e. The number of rotatable bonds is 8. The van der Waals surface area contributed by atoms with Crippen LogP contribution in [0.3, 0.4) is 0 Å². The van der Waals surface area contributed by atoms with Gasteiger partial charge in [-0.05, 0) is 52.2 Å². The monoisotopic (exact) mass is 240 g/mol. The average Bonchev–Trinajstić information content (AvgIpc) is 2.35. The van der Waals surface area contributed by atoms with Crippen molar-refractivity contribution in [3.63, 3.8) is 0 Å². The van der Waals surface area contributed by atoms with E-state index < -0.39 is 0 Å². The minimum absolute atomic E-state index is 0.766. The van der Waals surface area contributed by atoms with Crippen LogP contribution in [0.5, 0.6) is 0 Å². The lowest BCUT2D eigenvalue weighted by atomic mass is 9.96. The first-order chi connectivity index (χ1) is 8.24. The molecule has 1 fully saturated rings. The lowest BCUT2D eigenvalue weighted by Gasteiger charge is -2.31. The van der Waals surface area contributed by atoms with Crippen molar-refractivity contribution in [1.82, 2.24) is 10.2 Å². The van der Waals surface area contributed by atoms with Gasteiger partial charge in [0.1, 0.15) is 0 Å². The highest BCUT2D eigenvalue weighted by atomic mass is 15.1. The van der Waals surface area contributed by atoms with Crippen LogP contribution in [-0.4, -0.2) is 37.6 Å². The Kier molecular flexibility index (Phi) is 7.87. The molecule has 0 radical (unpaired) electrons. The third-order valence-electron chi connectivity index (χ3n) is 4.23. The van der Waals surface area contributed by atoms with Gasteiger partial charge in [-0.2, -0.15) is 0 Å². The van der Waals surface area contributed by atoms with E-state index in [1.807, 2.05) is 0 Å². The number of hydrogen-bond acceptors (Lipinski definition) is 2. The van der Waals surface area contributed by atoms with Gasteiger partial charge in [0.15, 0.2) is 0 Å². The number of unbranched alkanes of at least 4 members (excludes halogenated alkanes) is 3. The van der Waals surface area contributed by atoms with Gasteiger partial charge in [-0.3, -0.25) is 0 Å². The van der Waals surface area contributed by atoms with Crippen LogP contribution in [0.15, 0.2) is 0 Å². The first-order valence-corrected chi connectivity index (χ1v) is 7.65. The molecule has 1 unspecified atom stereocenters. The van der Waals surface area contributed by atoms with E-state index in [1.54, 1.807) is 0 Å². The second-order valence-electron chi connectivity index (χ2n) is 5.83. The molecule has 1 N–H and O–H groups in total. The van der Waals surface area contributed by atoms with Crippen LogP contribution in [0.4, 0.5) is 0 Å². The van der Waals surface area contributed by atoms with Crippen molar-refractivity contribution in [3.05, 3.63) is 0 Å². The van der Waals surface area contributed by atoms with Crippen LogP contribution in [0.2, 0.25) is 0 Å². The first-order valence-electron chi connectivity index (χ1n) is 7.65. The number of nitrogens with one attached hydrogen (secondary N) is 1. The van der Waals surface area contributed by atoms with E-state index >= 15 is 0 Å². The van der Waals surface area contributed by atoms with Gasteiger partial charge in [0.05, 0.1) is 0 Å². The standard InChI is InChI=1S/C15H32N2/c1-4-5-6-7-8-14(2)17(3)13-15-9-11-16-12-10-15/h14-16H,4-13H2,1-3H3. The molecule has 1 saturated heterocycles. The van der Waals surface area contributed by atoms with E-state index in [0.717, 1.165) is 12.0 Å². The van der Waals surface area contributed by atoms with Crippen molar-refractivity contribution in [3.8, 4) is 0 Å². The predicted molar refractivity (Wildman–Crippen MR) is 76.4 cm³/mol. The summed E-state index contributed by atoms with van der Waals surface area (Å²) in [5.74, 6) is 0.930. The van der Waals surface area contributed by atoms with E-state index in [9.17, 15) is 0 Å². The van der Waals surface area contributed by atoms with Crippen LogP contribution >= 0.6 is 0 Å². The molecule has 1 rings (SSSR count). The van der Waals surface area contributed by atoms with Gasteiger partial charge in [0.2, 0.25) is 0 Å². The van der Waals surface area contributed by atoms with Gasteiger partial charge >= 0.3 is 0 Å². The fraction of sp³-hybridized carbons (Fsp3) is 1.00. The molecule has 0 saturated carbocycles. The summed E-state index contributed by atoms with van der Waals surface area (Å²) in [4.78, 5) is 2.59. The van der Waals surface area contributed by atoms with Crippen molar-refractivity contribution in [2.45, 2.75) is 64.8 Å². The lowest BCUT2D eigenvalue weighted by molar-refractivity contribution is 0.186. The molecule has 0 amide bonds. The highest BCUT2D eigenvalue weighted by Gasteiger charge is 2.17. The largest absolute Gasteiger partial charge is 0.317 e. The van der Waals surface area contributed by atoms with Gasteiger partial charge in [0.25, 0.3) is 0 Å². The van der Waals surface area contributed by atoms with E-state index in [1.165, 1.54) is 64.6 Å². The van der Waals surface area contributed by atoms with E-state index in [-0.39, 0.29) is 0 Å². The summed E-state index contributed by atoms with van der Waals surface area (Å²) >= 11 is 0. The SMILES string of the molecule is CCCCCCC(C)N(C)CC1CCNCC1. The Labute approximate surface area is 108 Å². The molecule has 0 aromatic rings. The summed E-state index contributed by atoms with van der Waals surface area (Å²) in [6.07, 6.45) is 9.69. The smallest absolute Gasteiger partial charge is 0.00639 e. The normalized spacial score (nSPS) is 19.8. The summed E-state index contributed by atoms with van der Waals surface area (Å²) in [6.45, 7) is 8.43. The number of piperidine rings is 1.